The zero-order chi connectivity index (χ0) is 16.7. The van der Waals surface area contributed by atoms with Crippen LogP contribution < -0.4 is 5.73 Å². The number of nitrogens with zero attached hydrogens (tertiary/aromatic N) is 6. The molecule has 0 bridgehead atoms. The van der Waals surface area contributed by atoms with Gasteiger partial charge in [0.1, 0.15) is 6.33 Å². The number of carbonyl (C=O) groups excluding carboxylic acids is 1. The molecule has 3 heterocycles. The van der Waals surface area contributed by atoms with Gasteiger partial charge in [0, 0.05) is 5.02 Å². The maximum atomic E-state index is 10.9. The highest BCUT2D eigenvalue weighted by Gasteiger charge is 2.15. The van der Waals surface area contributed by atoms with Crippen LogP contribution in [0.4, 0.5) is 0 Å². The molecule has 3 aromatic heterocycles. The zero-order valence-corrected chi connectivity index (χ0v) is 13.7. The van der Waals surface area contributed by atoms with Crippen LogP contribution in [-0.2, 0) is 4.79 Å². The maximum Gasteiger partial charge on any atom is 0.227 e. The Hall–Kier alpha value is -2.65. The fourth-order valence-electron chi connectivity index (χ4n) is 2.33. The number of aromatic nitrogens is 6. The number of hydrogen-bond acceptors (Lipinski definition) is 6. The first-order valence-corrected chi connectivity index (χ1v) is 8.24. The van der Waals surface area contributed by atoms with Crippen molar-refractivity contribution in [3.05, 3.63) is 41.8 Å². The Morgan fingerprint density at radius 3 is 2.96 bits per heavy atom. The van der Waals surface area contributed by atoms with Gasteiger partial charge in [-0.1, -0.05) is 29.4 Å². The number of hydrogen-bond donors (Lipinski definition) is 1. The SMILES string of the molecule is NC(=O)CSc1nnc2c3cnn(-c4cccc(Cl)c4)c3ncn12. The molecule has 0 saturated carbocycles. The van der Waals surface area contributed by atoms with Gasteiger partial charge < -0.3 is 5.73 Å². The molecule has 0 spiro atoms. The van der Waals surface area contributed by atoms with Crippen molar-refractivity contribution in [3.8, 4) is 5.69 Å². The minimum absolute atomic E-state index is 0.126. The van der Waals surface area contributed by atoms with Crippen LogP contribution in [0, 0.1) is 0 Å². The van der Waals surface area contributed by atoms with Crippen molar-refractivity contribution in [1.29, 1.82) is 0 Å². The lowest BCUT2D eigenvalue weighted by molar-refractivity contribution is -0.115. The third kappa shape index (κ3) is 2.47. The van der Waals surface area contributed by atoms with E-state index < -0.39 is 5.91 Å². The summed E-state index contributed by atoms with van der Waals surface area (Å²) in [6.07, 6.45) is 3.28. The average molecular weight is 360 g/mol. The summed E-state index contributed by atoms with van der Waals surface area (Å²) in [5.74, 6) is -0.291. The molecule has 0 unspecified atom stereocenters. The third-order valence-corrected chi connectivity index (χ3v) is 4.54. The van der Waals surface area contributed by atoms with Crippen LogP contribution in [0.3, 0.4) is 0 Å². The second kappa shape index (κ2) is 5.77. The lowest BCUT2D eigenvalue weighted by Gasteiger charge is -2.03. The van der Waals surface area contributed by atoms with E-state index in [2.05, 4.69) is 20.3 Å². The lowest BCUT2D eigenvalue weighted by Crippen LogP contribution is -2.13. The van der Waals surface area contributed by atoms with Crippen molar-refractivity contribution in [3.63, 3.8) is 0 Å². The van der Waals surface area contributed by atoms with Gasteiger partial charge in [-0.2, -0.15) is 5.10 Å². The first kappa shape index (κ1) is 14.9. The summed E-state index contributed by atoms with van der Waals surface area (Å²) in [5, 5.41) is 14.5. The molecule has 0 saturated heterocycles. The minimum atomic E-state index is -0.417. The molecule has 1 amide bonds. The Morgan fingerprint density at radius 1 is 1.29 bits per heavy atom. The van der Waals surface area contributed by atoms with Crippen molar-refractivity contribution in [2.45, 2.75) is 5.16 Å². The Labute approximate surface area is 144 Å². The molecule has 4 rings (SSSR count). The van der Waals surface area contributed by atoms with Gasteiger partial charge in [-0.25, -0.2) is 9.67 Å². The number of rotatable bonds is 4. The van der Waals surface area contributed by atoms with E-state index in [0.29, 0.717) is 21.5 Å². The summed E-state index contributed by atoms with van der Waals surface area (Å²) in [6.45, 7) is 0. The number of nitrogens with two attached hydrogens (primary N) is 1. The smallest absolute Gasteiger partial charge is 0.227 e. The van der Waals surface area contributed by atoms with Crippen molar-refractivity contribution < 1.29 is 4.79 Å². The van der Waals surface area contributed by atoms with E-state index in [9.17, 15) is 4.79 Å². The van der Waals surface area contributed by atoms with Gasteiger partial charge in [-0.3, -0.25) is 9.20 Å². The molecular formula is C14H10ClN7OS. The van der Waals surface area contributed by atoms with E-state index in [1.807, 2.05) is 12.1 Å². The van der Waals surface area contributed by atoms with Gasteiger partial charge in [0.2, 0.25) is 5.91 Å². The van der Waals surface area contributed by atoms with Crippen molar-refractivity contribution in [2.75, 3.05) is 5.75 Å². The van der Waals surface area contributed by atoms with Crippen LogP contribution in [-0.4, -0.2) is 41.0 Å². The normalized spacial score (nSPS) is 11.4. The largest absolute Gasteiger partial charge is 0.369 e. The molecule has 2 N–H and O–H groups in total. The van der Waals surface area contributed by atoms with Crippen LogP contribution in [0.15, 0.2) is 41.9 Å². The molecular weight excluding hydrogens is 350 g/mol. The molecule has 1 aromatic carbocycles. The quantitative estimate of drug-likeness (QED) is 0.556. The molecule has 0 aliphatic heterocycles. The van der Waals surface area contributed by atoms with Crippen LogP contribution >= 0.6 is 23.4 Å². The van der Waals surface area contributed by atoms with E-state index in [1.54, 1.807) is 33.7 Å². The summed E-state index contributed by atoms with van der Waals surface area (Å²) in [7, 11) is 0. The molecule has 0 radical (unpaired) electrons. The molecule has 10 heteroatoms. The van der Waals surface area contributed by atoms with Crippen molar-refractivity contribution in [2.24, 2.45) is 5.73 Å². The molecule has 4 aromatic rings. The van der Waals surface area contributed by atoms with Crippen LogP contribution in [0.5, 0.6) is 0 Å². The topological polar surface area (TPSA) is 104 Å². The molecule has 0 aliphatic rings. The Balaban J connectivity index is 1.84. The first-order valence-electron chi connectivity index (χ1n) is 6.88. The molecule has 120 valence electrons. The van der Waals surface area contributed by atoms with Crippen molar-refractivity contribution >= 4 is 46.0 Å². The minimum Gasteiger partial charge on any atom is -0.369 e. The van der Waals surface area contributed by atoms with Gasteiger partial charge in [0.25, 0.3) is 0 Å². The predicted molar refractivity (Wildman–Crippen MR) is 90.3 cm³/mol. The summed E-state index contributed by atoms with van der Waals surface area (Å²) in [6, 6.07) is 7.34. The monoisotopic (exact) mass is 359 g/mol. The molecule has 8 nitrogen and oxygen atoms in total. The van der Waals surface area contributed by atoms with Crippen molar-refractivity contribution in [1.82, 2.24) is 29.4 Å². The van der Waals surface area contributed by atoms with Gasteiger partial charge in [-0.05, 0) is 18.2 Å². The zero-order valence-electron chi connectivity index (χ0n) is 12.1. The van der Waals surface area contributed by atoms with Gasteiger partial charge >= 0.3 is 0 Å². The maximum absolute atomic E-state index is 10.9. The highest BCUT2D eigenvalue weighted by Crippen LogP contribution is 2.24. The number of carbonyl (C=O) groups is 1. The molecule has 0 fully saturated rings. The summed E-state index contributed by atoms with van der Waals surface area (Å²) in [5.41, 5.74) is 7.22. The van der Waals surface area contributed by atoms with Crippen LogP contribution in [0.1, 0.15) is 0 Å². The number of fused-ring (bicyclic) bond motifs is 3. The standard InChI is InChI=1S/C14H10ClN7OS/c15-8-2-1-3-9(4-8)22-12-10(5-18-22)13-19-20-14(21(13)7-17-12)24-6-11(16)23/h1-5,7H,6H2,(H2,16,23). The number of benzene rings is 1. The number of primary amides is 1. The van der Waals surface area contributed by atoms with E-state index in [1.165, 1.54) is 11.8 Å². The van der Waals surface area contributed by atoms with E-state index in [4.69, 9.17) is 17.3 Å². The van der Waals surface area contributed by atoms with Gasteiger partial charge in [-0.15, -0.1) is 10.2 Å². The van der Waals surface area contributed by atoms with Crippen LogP contribution in [0.25, 0.3) is 22.4 Å². The van der Waals surface area contributed by atoms with Gasteiger partial charge in [0.05, 0.1) is 23.0 Å². The van der Waals surface area contributed by atoms with Crippen LogP contribution in [0.2, 0.25) is 5.02 Å². The number of halogens is 1. The number of amides is 1. The Kier molecular flexibility index (Phi) is 3.58. The van der Waals surface area contributed by atoms with E-state index in [-0.39, 0.29) is 5.75 Å². The molecule has 0 atom stereocenters. The fraction of sp³-hybridized carbons (Fsp3) is 0.0714. The average Bonchev–Trinajstić information content (AvgIpc) is 3.16. The second-order valence-electron chi connectivity index (χ2n) is 4.95. The van der Waals surface area contributed by atoms with E-state index >= 15 is 0 Å². The highest BCUT2D eigenvalue weighted by atomic mass is 35.5. The summed E-state index contributed by atoms with van der Waals surface area (Å²) < 4.78 is 3.39. The molecule has 24 heavy (non-hydrogen) atoms. The summed E-state index contributed by atoms with van der Waals surface area (Å²) >= 11 is 7.25. The Morgan fingerprint density at radius 2 is 2.17 bits per heavy atom. The van der Waals surface area contributed by atoms with E-state index in [0.717, 1.165) is 11.1 Å². The second-order valence-corrected chi connectivity index (χ2v) is 6.33. The number of thioether (sulfide) groups is 1. The summed E-state index contributed by atoms with van der Waals surface area (Å²) in [4.78, 5) is 15.4. The predicted octanol–water partition coefficient (Wildman–Crippen LogP) is 1.69. The van der Waals surface area contributed by atoms with Gasteiger partial charge in [0.15, 0.2) is 16.5 Å². The Bertz CT molecular complexity index is 1070. The third-order valence-electron chi connectivity index (χ3n) is 3.34. The first-order chi connectivity index (χ1) is 11.6. The fourth-order valence-corrected chi connectivity index (χ4v) is 3.16. The lowest BCUT2D eigenvalue weighted by atomic mass is 10.3. The molecule has 0 aliphatic carbocycles. The highest BCUT2D eigenvalue weighted by molar-refractivity contribution is 7.99.